The van der Waals surface area contributed by atoms with E-state index >= 15 is 0 Å². The predicted molar refractivity (Wildman–Crippen MR) is 37.6 cm³/mol. The maximum atomic E-state index is 8.06. The summed E-state index contributed by atoms with van der Waals surface area (Å²) in [5.74, 6) is 0. The zero-order valence-corrected chi connectivity index (χ0v) is 9.56. The van der Waals surface area contributed by atoms with Crippen molar-refractivity contribution in [3.63, 3.8) is 0 Å². The van der Waals surface area contributed by atoms with Gasteiger partial charge in [0.15, 0.2) is 0 Å². The van der Waals surface area contributed by atoms with Gasteiger partial charge >= 0.3 is 0 Å². The maximum Gasteiger partial charge on any atom is 0.0483 e. The van der Waals surface area contributed by atoms with E-state index in [2.05, 4.69) is 13.8 Å². The summed E-state index contributed by atoms with van der Waals surface area (Å²) in [4.78, 5) is 0. The Morgan fingerprint density at radius 1 is 1.44 bits per heavy atom. The number of rotatable bonds is 1. The van der Waals surface area contributed by atoms with Crippen LogP contribution in [0.4, 0.5) is 0 Å². The quantitative estimate of drug-likeness (QED) is 0.650. The van der Waals surface area contributed by atoms with Crippen molar-refractivity contribution >= 4 is 0 Å². The molecule has 1 nitrogen and oxygen atoms in total. The monoisotopic (exact) mass is 206 g/mol. The zero-order chi connectivity index (χ0) is 6.99. The van der Waals surface area contributed by atoms with Gasteiger partial charge in [-0.1, -0.05) is 13.3 Å². The van der Waals surface area contributed by atoms with E-state index in [9.17, 15) is 0 Å². The molecule has 1 N–H and O–H groups in total. The molecule has 0 aliphatic carbocycles. The van der Waals surface area contributed by atoms with E-state index < -0.39 is 0 Å². The third-order valence-electron chi connectivity index (χ3n) is 0.354. The summed E-state index contributed by atoms with van der Waals surface area (Å²) in [5, 5.41) is 8.06. The first-order valence-electron chi connectivity index (χ1n) is 3.12. The molecular weight excluding hydrogens is 189 g/mol. The van der Waals surface area contributed by atoms with Crippen molar-refractivity contribution < 1.29 is 37.8 Å². The second-order valence-electron chi connectivity index (χ2n) is 1.95. The van der Waals surface area contributed by atoms with Gasteiger partial charge in [0.25, 0.3) is 0 Å². The summed E-state index contributed by atoms with van der Waals surface area (Å²) in [5.41, 5.74) is 0. The molecule has 0 bridgehead atoms. The standard InChI is InChI=1S/C4H9.C3H8O.Y/c1-3-4-2;1-3(2)4;/h1,3-4H2,2H3;3-4H,1-2H3;/q-1;;. The van der Waals surface area contributed by atoms with Crippen molar-refractivity contribution in [1.82, 2.24) is 0 Å². The van der Waals surface area contributed by atoms with Gasteiger partial charge in [-0.15, -0.1) is 0 Å². The molecule has 0 amide bonds. The summed E-state index contributed by atoms with van der Waals surface area (Å²) in [6.45, 7) is 9.17. The van der Waals surface area contributed by atoms with E-state index in [0.29, 0.717) is 0 Å². The third-order valence-corrected chi connectivity index (χ3v) is 0.354. The number of aliphatic hydroxyl groups is 1. The van der Waals surface area contributed by atoms with Gasteiger partial charge in [-0.05, 0) is 13.8 Å². The number of hydrogen-bond acceptors (Lipinski definition) is 1. The van der Waals surface area contributed by atoms with E-state index in [-0.39, 0.29) is 38.8 Å². The van der Waals surface area contributed by atoms with Crippen LogP contribution in [0.25, 0.3) is 0 Å². The van der Waals surface area contributed by atoms with Crippen molar-refractivity contribution in [3.05, 3.63) is 6.92 Å². The van der Waals surface area contributed by atoms with Crippen LogP contribution >= 0.6 is 0 Å². The molecule has 0 saturated heterocycles. The Labute approximate surface area is 84.1 Å². The summed E-state index contributed by atoms with van der Waals surface area (Å²) in [7, 11) is 0. The summed E-state index contributed by atoms with van der Waals surface area (Å²) >= 11 is 0. The minimum atomic E-state index is -0.167. The molecule has 55 valence electrons. The van der Waals surface area contributed by atoms with Gasteiger partial charge in [0.1, 0.15) is 0 Å². The summed E-state index contributed by atoms with van der Waals surface area (Å²) in [6, 6.07) is 0. The molecule has 0 fully saturated rings. The van der Waals surface area contributed by atoms with Gasteiger partial charge in [-0.25, -0.2) is 0 Å². The van der Waals surface area contributed by atoms with Gasteiger partial charge in [0, 0.05) is 38.8 Å². The molecule has 0 spiro atoms. The minimum absolute atomic E-state index is 0. The van der Waals surface area contributed by atoms with Crippen molar-refractivity contribution in [3.8, 4) is 0 Å². The third kappa shape index (κ3) is 106. The topological polar surface area (TPSA) is 20.2 Å². The number of unbranched alkanes of at least 4 members (excludes halogenated alkanes) is 1. The zero-order valence-electron chi connectivity index (χ0n) is 6.72. The van der Waals surface area contributed by atoms with Crippen LogP contribution in [0.1, 0.15) is 33.6 Å². The Bertz CT molecular complexity index is 25.3. The van der Waals surface area contributed by atoms with Crippen LogP contribution in [0.3, 0.4) is 0 Å². The first-order chi connectivity index (χ1) is 3.65. The summed E-state index contributed by atoms with van der Waals surface area (Å²) in [6.07, 6.45) is 2.11. The Morgan fingerprint density at radius 2 is 1.56 bits per heavy atom. The van der Waals surface area contributed by atoms with Crippen LogP contribution in [0.15, 0.2) is 0 Å². The van der Waals surface area contributed by atoms with Gasteiger partial charge < -0.3 is 12.0 Å². The predicted octanol–water partition coefficient (Wildman–Crippen LogP) is 2.01. The van der Waals surface area contributed by atoms with E-state index in [1.54, 1.807) is 13.8 Å². The van der Waals surface area contributed by atoms with E-state index in [1.807, 2.05) is 0 Å². The number of aliphatic hydroxyl groups excluding tert-OH is 1. The SMILES string of the molecule is CC(C)O.[CH2-]CCC.[Y]. The van der Waals surface area contributed by atoms with Crippen LogP contribution < -0.4 is 0 Å². The molecule has 2 heteroatoms. The van der Waals surface area contributed by atoms with Crippen molar-refractivity contribution in [2.24, 2.45) is 0 Å². The Kier molecular flexibility index (Phi) is 29.5. The van der Waals surface area contributed by atoms with Crippen LogP contribution in [0.5, 0.6) is 0 Å². The van der Waals surface area contributed by atoms with Crippen molar-refractivity contribution in [1.29, 1.82) is 0 Å². The van der Waals surface area contributed by atoms with Gasteiger partial charge in [0.2, 0.25) is 0 Å². The summed E-state index contributed by atoms with van der Waals surface area (Å²) < 4.78 is 0. The van der Waals surface area contributed by atoms with Gasteiger partial charge in [-0.2, -0.15) is 6.42 Å². The molecule has 1 radical (unpaired) electrons. The van der Waals surface area contributed by atoms with Crippen LogP contribution in [-0.4, -0.2) is 11.2 Å². The van der Waals surface area contributed by atoms with E-state index in [1.165, 1.54) is 6.42 Å². The fourth-order valence-corrected chi connectivity index (χ4v) is 0. The maximum absolute atomic E-state index is 8.06. The largest absolute Gasteiger partial charge is 0.394 e. The molecule has 0 rings (SSSR count). The fourth-order valence-electron chi connectivity index (χ4n) is 0. The van der Waals surface area contributed by atoms with Crippen molar-refractivity contribution in [2.75, 3.05) is 0 Å². The molecule has 0 saturated carbocycles. The Morgan fingerprint density at radius 3 is 1.56 bits per heavy atom. The normalized spacial score (nSPS) is 7.33. The second kappa shape index (κ2) is 16.0. The second-order valence-corrected chi connectivity index (χ2v) is 1.95. The Hall–Kier alpha value is 1.06. The molecule has 0 aromatic carbocycles. The molecule has 0 aliphatic heterocycles. The fraction of sp³-hybridized carbons (Fsp3) is 0.857. The first-order valence-corrected chi connectivity index (χ1v) is 3.12. The molecule has 0 unspecified atom stereocenters. The van der Waals surface area contributed by atoms with Crippen molar-refractivity contribution in [2.45, 2.75) is 39.7 Å². The molecule has 0 aromatic rings. The Balaban J connectivity index is -0.0000000720. The average Bonchev–Trinajstić information content (AvgIpc) is 1.65. The minimum Gasteiger partial charge on any atom is -0.394 e. The average molecular weight is 206 g/mol. The van der Waals surface area contributed by atoms with Gasteiger partial charge in [0.05, 0.1) is 0 Å². The van der Waals surface area contributed by atoms with Gasteiger partial charge in [-0.3, -0.25) is 0 Å². The molecule has 0 aromatic heterocycles. The number of hydrogen-bond donors (Lipinski definition) is 1. The molecule has 0 atom stereocenters. The van der Waals surface area contributed by atoms with E-state index in [0.717, 1.165) is 6.42 Å². The van der Waals surface area contributed by atoms with Crippen LogP contribution in [0.2, 0.25) is 0 Å². The van der Waals surface area contributed by atoms with Crippen LogP contribution in [-0.2, 0) is 32.7 Å². The molecular formula is C7H17OY-. The first kappa shape index (κ1) is 16.6. The molecule has 0 aliphatic rings. The smallest absolute Gasteiger partial charge is 0.0483 e. The molecule has 0 heterocycles. The molecule has 9 heavy (non-hydrogen) atoms. The van der Waals surface area contributed by atoms with Crippen LogP contribution in [0, 0.1) is 6.92 Å². The van der Waals surface area contributed by atoms with E-state index in [4.69, 9.17) is 5.11 Å².